The number of hydrogen-bond acceptors (Lipinski definition) is 7. The van der Waals surface area contributed by atoms with Gasteiger partial charge in [-0.05, 0) is 12.8 Å². The molecule has 1 spiro atoms. The first-order chi connectivity index (χ1) is 12.2. The standard InChI is InChI=1S/C17H26N4O4/c1-23-8-6-21-7-9-24-13-17(12-21)3-2-14(25-17)10-20-16(22)15-11-18-4-5-19-15/h4-5,11,14H,2-3,6-10,12-13H2,1H3,(H,20,22). The van der Waals surface area contributed by atoms with Gasteiger partial charge in [0.2, 0.25) is 0 Å². The molecular formula is C17H26N4O4. The summed E-state index contributed by atoms with van der Waals surface area (Å²) in [4.78, 5) is 22.3. The Labute approximate surface area is 147 Å². The molecule has 8 nitrogen and oxygen atoms in total. The number of carbonyl (C=O) groups is 1. The fraction of sp³-hybridized carbons (Fsp3) is 0.706. The Morgan fingerprint density at radius 3 is 3.24 bits per heavy atom. The lowest BCUT2D eigenvalue weighted by atomic mass is 10.00. The van der Waals surface area contributed by atoms with Gasteiger partial charge in [-0.15, -0.1) is 0 Å². The summed E-state index contributed by atoms with van der Waals surface area (Å²) in [5.74, 6) is -0.225. The lowest BCUT2D eigenvalue weighted by molar-refractivity contribution is -0.0851. The molecule has 1 aromatic rings. The Hall–Kier alpha value is -1.61. The van der Waals surface area contributed by atoms with Crippen molar-refractivity contribution in [2.24, 2.45) is 0 Å². The molecule has 1 aromatic heterocycles. The van der Waals surface area contributed by atoms with E-state index in [0.717, 1.165) is 32.5 Å². The monoisotopic (exact) mass is 350 g/mol. The van der Waals surface area contributed by atoms with Crippen LogP contribution in [0.5, 0.6) is 0 Å². The second-order valence-electron chi connectivity index (χ2n) is 6.58. The Bertz CT molecular complexity index is 559. The van der Waals surface area contributed by atoms with Crippen LogP contribution >= 0.6 is 0 Å². The Morgan fingerprint density at radius 1 is 1.52 bits per heavy atom. The van der Waals surface area contributed by atoms with E-state index in [0.29, 0.717) is 32.1 Å². The number of amides is 1. The first-order valence-corrected chi connectivity index (χ1v) is 8.72. The summed E-state index contributed by atoms with van der Waals surface area (Å²) in [7, 11) is 1.71. The lowest BCUT2D eigenvalue weighted by Crippen LogP contribution is -2.46. The minimum atomic E-state index is -0.286. The third-order valence-electron chi connectivity index (χ3n) is 4.67. The summed E-state index contributed by atoms with van der Waals surface area (Å²) >= 11 is 0. The van der Waals surface area contributed by atoms with Gasteiger partial charge in [0, 0.05) is 45.7 Å². The normalized spacial score (nSPS) is 27.3. The van der Waals surface area contributed by atoms with Crippen LogP contribution in [0.4, 0.5) is 0 Å². The number of aromatic nitrogens is 2. The van der Waals surface area contributed by atoms with Gasteiger partial charge < -0.3 is 19.5 Å². The predicted octanol–water partition coefficient (Wildman–Crippen LogP) is 0.103. The van der Waals surface area contributed by atoms with Crippen molar-refractivity contribution in [1.82, 2.24) is 20.2 Å². The molecule has 3 rings (SSSR count). The van der Waals surface area contributed by atoms with Gasteiger partial charge in [0.15, 0.2) is 0 Å². The van der Waals surface area contributed by atoms with E-state index in [1.807, 2.05) is 0 Å². The van der Waals surface area contributed by atoms with E-state index in [2.05, 4.69) is 20.2 Å². The van der Waals surface area contributed by atoms with Crippen LogP contribution in [0.15, 0.2) is 18.6 Å². The van der Waals surface area contributed by atoms with Gasteiger partial charge in [-0.1, -0.05) is 0 Å². The smallest absolute Gasteiger partial charge is 0.271 e. The number of nitrogens with zero attached hydrogens (tertiary/aromatic N) is 3. The molecule has 25 heavy (non-hydrogen) atoms. The van der Waals surface area contributed by atoms with Crippen LogP contribution in [0.25, 0.3) is 0 Å². The van der Waals surface area contributed by atoms with E-state index in [4.69, 9.17) is 14.2 Å². The third-order valence-corrected chi connectivity index (χ3v) is 4.67. The van der Waals surface area contributed by atoms with Crippen molar-refractivity contribution in [2.75, 3.05) is 53.1 Å². The fourth-order valence-electron chi connectivity index (χ4n) is 3.37. The molecule has 0 saturated carbocycles. The van der Waals surface area contributed by atoms with Crippen LogP contribution in [-0.4, -0.2) is 85.6 Å². The van der Waals surface area contributed by atoms with Gasteiger partial charge in [0.1, 0.15) is 11.3 Å². The SMILES string of the molecule is COCCN1CCOCC2(CCC(CNC(=O)c3cnccn3)O2)C1. The molecule has 2 saturated heterocycles. The molecule has 2 unspecified atom stereocenters. The number of ether oxygens (including phenoxy) is 3. The van der Waals surface area contributed by atoms with Crippen molar-refractivity contribution in [1.29, 1.82) is 0 Å². The molecule has 1 N–H and O–H groups in total. The zero-order chi connectivity index (χ0) is 17.5. The summed E-state index contributed by atoms with van der Waals surface area (Å²) < 4.78 is 17.3. The Balaban J connectivity index is 1.50. The van der Waals surface area contributed by atoms with Crippen LogP contribution in [0, 0.1) is 0 Å². The van der Waals surface area contributed by atoms with Gasteiger partial charge in [-0.3, -0.25) is 14.7 Å². The van der Waals surface area contributed by atoms with Crippen molar-refractivity contribution in [3.8, 4) is 0 Å². The zero-order valence-electron chi connectivity index (χ0n) is 14.6. The molecular weight excluding hydrogens is 324 g/mol. The molecule has 0 aliphatic carbocycles. The fourth-order valence-corrected chi connectivity index (χ4v) is 3.37. The minimum Gasteiger partial charge on any atom is -0.383 e. The van der Waals surface area contributed by atoms with Gasteiger partial charge in [-0.2, -0.15) is 0 Å². The quantitative estimate of drug-likeness (QED) is 0.779. The van der Waals surface area contributed by atoms with E-state index in [-0.39, 0.29) is 17.6 Å². The van der Waals surface area contributed by atoms with Gasteiger partial charge in [-0.25, -0.2) is 4.98 Å². The molecule has 0 aromatic carbocycles. The maximum absolute atomic E-state index is 12.1. The topological polar surface area (TPSA) is 85.8 Å². The summed E-state index contributed by atoms with van der Waals surface area (Å²) in [5.41, 5.74) is 0.0328. The number of nitrogens with one attached hydrogen (secondary N) is 1. The zero-order valence-corrected chi connectivity index (χ0v) is 14.6. The summed E-state index contributed by atoms with van der Waals surface area (Å²) in [5, 5.41) is 2.88. The second kappa shape index (κ2) is 8.66. The second-order valence-corrected chi connectivity index (χ2v) is 6.58. The highest BCUT2D eigenvalue weighted by Gasteiger charge is 2.42. The van der Waals surface area contributed by atoms with Crippen molar-refractivity contribution in [3.05, 3.63) is 24.3 Å². The third kappa shape index (κ3) is 4.94. The van der Waals surface area contributed by atoms with E-state index in [1.54, 1.807) is 13.3 Å². The summed E-state index contributed by atoms with van der Waals surface area (Å²) in [6, 6.07) is 0. The molecule has 138 valence electrons. The molecule has 2 atom stereocenters. The highest BCUT2D eigenvalue weighted by atomic mass is 16.6. The maximum atomic E-state index is 12.1. The molecule has 2 fully saturated rings. The highest BCUT2D eigenvalue weighted by molar-refractivity contribution is 5.91. The minimum absolute atomic E-state index is 0.00778. The van der Waals surface area contributed by atoms with E-state index >= 15 is 0 Å². The number of carbonyl (C=O) groups excluding carboxylic acids is 1. The highest BCUT2D eigenvalue weighted by Crippen LogP contribution is 2.32. The van der Waals surface area contributed by atoms with Gasteiger partial charge in [0.25, 0.3) is 5.91 Å². The molecule has 3 heterocycles. The first-order valence-electron chi connectivity index (χ1n) is 8.72. The summed E-state index contributed by atoms with van der Waals surface area (Å²) in [6.07, 6.45) is 6.34. The predicted molar refractivity (Wildman–Crippen MR) is 90.3 cm³/mol. The van der Waals surface area contributed by atoms with Crippen molar-refractivity contribution < 1.29 is 19.0 Å². The van der Waals surface area contributed by atoms with Crippen LogP contribution in [-0.2, 0) is 14.2 Å². The number of methoxy groups -OCH3 is 1. The van der Waals surface area contributed by atoms with Crippen LogP contribution in [0.1, 0.15) is 23.3 Å². The number of rotatable bonds is 6. The first kappa shape index (κ1) is 18.2. The van der Waals surface area contributed by atoms with E-state index < -0.39 is 0 Å². The van der Waals surface area contributed by atoms with E-state index in [9.17, 15) is 4.79 Å². The lowest BCUT2D eigenvalue weighted by Gasteiger charge is -2.31. The molecule has 1 amide bonds. The average Bonchev–Trinajstić information content (AvgIpc) is 2.93. The average molecular weight is 350 g/mol. The Morgan fingerprint density at radius 2 is 2.44 bits per heavy atom. The molecule has 2 aliphatic rings. The van der Waals surface area contributed by atoms with Crippen LogP contribution in [0.3, 0.4) is 0 Å². The molecule has 0 bridgehead atoms. The van der Waals surface area contributed by atoms with Crippen molar-refractivity contribution in [2.45, 2.75) is 24.5 Å². The van der Waals surface area contributed by atoms with Crippen LogP contribution in [0.2, 0.25) is 0 Å². The number of hydrogen-bond donors (Lipinski definition) is 1. The van der Waals surface area contributed by atoms with Gasteiger partial charge >= 0.3 is 0 Å². The summed E-state index contributed by atoms with van der Waals surface area (Å²) in [6.45, 7) is 5.09. The molecule has 2 aliphatic heterocycles. The van der Waals surface area contributed by atoms with Crippen molar-refractivity contribution in [3.63, 3.8) is 0 Å². The molecule has 0 radical (unpaired) electrons. The van der Waals surface area contributed by atoms with E-state index in [1.165, 1.54) is 12.4 Å². The maximum Gasteiger partial charge on any atom is 0.271 e. The Kier molecular flexibility index (Phi) is 6.30. The molecule has 8 heteroatoms. The van der Waals surface area contributed by atoms with Crippen LogP contribution < -0.4 is 5.32 Å². The van der Waals surface area contributed by atoms with Gasteiger partial charge in [0.05, 0.1) is 32.1 Å². The van der Waals surface area contributed by atoms with Crippen molar-refractivity contribution >= 4 is 5.91 Å². The largest absolute Gasteiger partial charge is 0.383 e.